The van der Waals surface area contributed by atoms with Crippen molar-refractivity contribution in [3.05, 3.63) is 45.6 Å². The average Bonchev–Trinajstić information content (AvgIpc) is 2.73. The number of anilines is 2. The van der Waals surface area contributed by atoms with E-state index in [-0.39, 0.29) is 0 Å². The van der Waals surface area contributed by atoms with Gasteiger partial charge in [0.1, 0.15) is 4.99 Å². The zero-order chi connectivity index (χ0) is 11.5. The normalized spacial score (nSPS) is 10.1. The van der Waals surface area contributed by atoms with Gasteiger partial charge < -0.3 is 11.1 Å². The van der Waals surface area contributed by atoms with Gasteiger partial charge >= 0.3 is 0 Å². The van der Waals surface area contributed by atoms with Gasteiger partial charge in [-0.15, -0.1) is 0 Å². The summed E-state index contributed by atoms with van der Waals surface area (Å²) in [5, 5.41) is 7.88. The van der Waals surface area contributed by atoms with Crippen molar-refractivity contribution in [1.82, 2.24) is 0 Å². The fourth-order valence-electron chi connectivity index (χ4n) is 1.32. The Bertz CT molecular complexity index is 509. The number of nitrogens with one attached hydrogen (secondary N) is 1. The van der Waals surface area contributed by atoms with Crippen LogP contribution in [-0.4, -0.2) is 4.99 Å². The zero-order valence-electron chi connectivity index (χ0n) is 8.24. The minimum Gasteiger partial charge on any atom is -0.389 e. The summed E-state index contributed by atoms with van der Waals surface area (Å²) >= 11 is 12.5. The molecule has 0 aliphatic heterocycles. The van der Waals surface area contributed by atoms with Crippen molar-refractivity contribution < 1.29 is 0 Å². The Kier molecular flexibility index (Phi) is 3.43. The predicted molar refractivity (Wildman–Crippen MR) is 74.9 cm³/mol. The molecule has 1 aromatic carbocycles. The molecule has 82 valence electrons. The SMILES string of the molecule is NC(=S)c1cc(Cl)ccc1Nc1ccsc1. The van der Waals surface area contributed by atoms with Crippen molar-refractivity contribution in [3.63, 3.8) is 0 Å². The third-order valence-electron chi connectivity index (χ3n) is 2.05. The van der Waals surface area contributed by atoms with E-state index in [0.717, 1.165) is 16.9 Å². The number of hydrogen-bond donors (Lipinski definition) is 2. The largest absolute Gasteiger partial charge is 0.389 e. The van der Waals surface area contributed by atoms with Crippen LogP contribution >= 0.6 is 35.2 Å². The molecule has 2 rings (SSSR count). The molecule has 0 saturated carbocycles. The van der Waals surface area contributed by atoms with Crippen LogP contribution in [0.25, 0.3) is 0 Å². The van der Waals surface area contributed by atoms with E-state index in [1.54, 1.807) is 23.5 Å². The fraction of sp³-hybridized carbons (Fsp3) is 0. The molecule has 2 aromatic rings. The Morgan fingerprint density at radius 3 is 2.81 bits per heavy atom. The lowest BCUT2D eigenvalue weighted by atomic mass is 10.1. The summed E-state index contributed by atoms with van der Waals surface area (Å²) < 4.78 is 0. The molecule has 0 spiro atoms. The zero-order valence-corrected chi connectivity index (χ0v) is 10.6. The molecule has 0 amide bonds. The van der Waals surface area contributed by atoms with Crippen LogP contribution < -0.4 is 11.1 Å². The van der Waals surface area contributed by atoms with E-state index in [2.05, 4.69) is 5.32 Å². The van der Waals surface area contributed by atoms with Gasteiger partial charge in [0, 0.05) is 27.3 Å². The topological polar surface area (TPSA) is 38.0 Å². The van der Waals surface area contributed by atoms with Gasteiger partial charge in [0.05, 0.1) is 0 Å². The van der Waals surface area contributed by atoms with Crippen molar-refractivity contribution in [3.8, 4) is 0 Å². The quantitative estimate of drug-likeness (QED) is 0.832. The van der Waals surface area contributed by atoms with Crippen molar-refractivity contribution in [2.75, 3.05) is 5.32 Å². The first kappa shape index (κ1) is 11.4. The van der Waals surface area contributed by atoms with Gasteiger partial charge in [0.15, 0.2) is 0 Å². The van der Waals surface area contributed by atoms with Crippen LogP contribution in [0.2, 0.25) is 5.02 Å². The second-order valence-corrected chi connectivity index (χ2v) is 4.85. The summed E-state index contributed by atoms with van der Waals surface area (Å²) in [6.07, 6.45) is 0. The first-order chi connectivity index (χ1) is 7.66. The first-order valence-electron chi connectivity index (χ1n) is 4.55. The average molecular weight is 269 g/mol. The standard InChI is InChI=1S/C11H9ClN2S2/c12-7-1-2-10(9(5-7)11(13)15)14-8-3-4-16-6-8/h1-6,14H,(H2,13,15). The van der Waals surface area contributed by atoms with Crippen molar-refractivity contribution in [2.24, 2.45) is 5.73 Å². The molecule has 0 aliphatic rings. The number of rotatable bonds is 3. The van der Waals surface area contributed by atoms with Crippen molar-refractivity contribution in [2.45, 2.75) is 0 Å². The molecular weight excluding hydrogens is 260 g/mol. The maximum atomic E-state index is 5.90. The number of nitrogens with two attached hydrogens (primary N) is 1. The molecule has 0 aliphatic carbocycles. The monoisotopic (exact) mass is 268 g/mol. The van der Waals surface area contributed by atoms with E-state index in [4.69, 9.17) is 29.6 Å². The van der Waals surface area contributed by atoms with Crippen LogP contribution in [0.4, 0.5) is 11.4 Å². The van der Waals surface area contributed by atoms with Crippen LogP contribution in [0.3, 0.4) is 0 Å². The molecule has 0 atom stereocenters. The van der Waals surface area contributed by atoms with E-state index in [0.29, 0.717) is 10.0 Å². The highest BCUT2D eigenvalue weighted by atomic mass is 35.5. The highest BCUT2D eigenvalue weighted by Crippen LogP contribution is 2.25. The highest BCUT2D eigenvalue weighted by molar-refractivity contribution is 7.80. The van der Waals surface area contributed by atoms with Crippen LogP contribution in [0, 0.1) is 0 Å². The van der Waals surface area contributed by atoms with Gasteiger partial charge in [0.2, 0.25) is 0 Å². The van der Waals surface area contributed by atoms with Gasteiger partial charge in [-0.25, -0.2) is 0 Å². The van der Waals surface area contributed by atoms with Crippen LogP contribution in [0.5, 0.6) is 0 Å². The lowest BCUT2D eigenvalue weighted by Crippen LogP contribution is -2.11. The van der Waals surface area contributed by atoms with E-state index in [1.165, 1.54) is 0 Å². The Hall–Kier alpha value is -1.10. The summed E-state index contributed by atoms with van der Waals surface area (Å²) in [4.78, 5) is 0.334. The van der Waals surface area contributed by atoms with Crippen LogP contribution in [0.15, 0.2) is 35.0 Å². The van der Waals surface area contributed by atoms with Gasteiger partial charge in [-0.3, -0.25) is 0 Å². The summed E-state index contributed by atoms with van der Waals surface area (Å²) in [6.45, 7) is 0. The van der Waals surface area contributed by atoms with E-state index in [1.807, 2.05) is 22.9 Å². The third kappa shape index (κ3) is 2.52. The molecule has 3 N–H and O–H groups in total. The molecule has 0 saturated heterocycles. The molecule has 5 heteroatoms. The Balaban J connectivity index is 2.36. The van der Waals surface area contributed by atoms with E-state index in [9.17, 15) is 0 Å². The third-order valence-corrected chi connectivity index (χ3v) is 3.19. The second kappa shape index (κ2) is 4.82. The Labute approximate surface area is 108 Å². The summed E-state index contributed by atoms with van der Waals surface area (Å²) in [5.41, 5.74) is 8.29. The summed E-state index contributed by atoms with van der Waals surface area (Å²) in [7, 11) is 0. The molecule has 0 fully saturated rings. The van der Waals surface area contributed by atoms with Gasteiger partial charge in [0.25, 0.3) is 0 Å². The predicted octanol–water partition coefficient (Wildman–Crippen LogP) is 3.78. The maximum absolute atomic E-state index is 5.90. The molecule has 0 bridgehead atoms. The van der Waals surface area contributed by atoms with Crippen LogP contribution in [-0.2, 0) is 0 Å². The number of halogens is 1. The molecule has 0 unspecified atom stereocenters. The lowest BCUT2D eigenvalue weighted by molar-refractivity contribution is 1.55. The van der Waals surface area contributed by atoms with E-state index < -0.39 is 0 Å². The lowest BCUT2D eigenvalue weighted by Gasteiger charge is -2.10. The van der Waals surface area contributed by atoms with Crippen molar-refractivity contribution in [1.29, 1.82) is 0 Å². The second-order valence-electron chi connectivity index (χ2n) is 3.19. The number of hydrogen-bond acceptors (Lipinski definition) is 3. The molecular formula is C11H9ClN2S2. The van der Waals surface area contributed by atoms with Gasteiger partial charge in [-0.2, -0.15) is 11.3 Å². The summed E-state index contributed by atoms with van der Waals surface area (Å²) in [5.74, 6) is 0. The maximum Gasteiger partial charge on any atom is 0.106 e. The highest BCUT2D eigenvalue weighted by Gasteiger charge is 2.06. The number of thiophene rings is 1. The van der Waals surface area contributed by atoms with Gasteiger partial charge in [-0.05, 0) is 29.6 Å². The van der Waals surface area contributed by atoms with Crippen LogP contribution in [0.1, 0.15) is 5.56 Å². The Morgan fingerprint density at radius 1 is 1.38 bits per heavy atom. The fourth-order valence-corrected chi connectivity index (χ4v) is 2.25. The minimum atomic E-state index is 0.334. The first-order valence-corrected chi connectivity index (χ1v) is 6.28. The number of benzene rings is 1. The summed E-state index contributed by atoms with van der Waals surface area (Å²) in [6, 6.07) is 7.42. The molecule has 1 heterocycles. The van der Waals surface area contributed by atoms with Crippen molar-refractivity contribution >= 4 is 51.5 Å². The molecule has 16 heavy (non-hydrogen) atoms. The molecule has 2 nitrogen and oxygen atoms in total. The smallest absolute Gasteiger partial charge is 0.106 e. The van der Waals surface area contributed by atoms with Gasteiger partial charge in [-0.1, -0.05) is 23.8 Å². The minimum absolute atomic E-state index is 0.334. The molecule has 1 aromatic heterocycles. The molecule has 0 radical (unpaired) electrons. The van der Waals surface area contributed by atoms with E-state index >= 15 is 0 Å². The number of thiocarbonyl (C=S) groups is 1. The Morgan fingerprint density at radius 2 is 2.19 bits per heavy atom.